The lowest BCUT2D eigenvalue weighted by Crippen LogP contribution is -2.79. The van der Waals surface area contributed by atoms with Crippen LogP contribution in [0, 0.1) is 0 Å². The summed E-state index contributed by atoms with van der Waals surface area (Å²) in [5.74, 6) is -0.634. The van der Waals surface area contributed by atoms with Gasteiger partial charge in [0.25, 0.3) is 5.91 Å². The van der Waals surface area contributed by atoms with Crippen molar-refractivity contribution in [2.45, 2.75) is 31.4 Å². The first kappa shape index (κ1) is 26.5. The maximum atomic E-state index is 13.2. The first-order valence-corrected chi connectivity index (χ1v) is 12.8. The van der Waals surface area contributed by atoms with Crippen LogP contribution in [0.5, 0.6) is 5.75 Å². The maximum Gasteiger partial charge on any atom is 0.408 e. The molecule has 5 rings (SSSR count). The van der Waals surface area contributed by atoms with Crippen molar-refractivity contribution in [3.05, 3.63) is 138 Å². The summed E-state index contributed by atoms with van der Waals surface area (Å²) in [6.45, 7) is 1.61. The Morgan fingerprint density at radius 1 is 0.850 bits per heavy atom. The number of ether oxygens (including phenoxy) is 3. The van der Waals surface area contributed by atoms with Gasteiger partial charge in [-0.3, -0.25) is 4.79 Å². The molecule has 4 aromatic carbocycles. The van der Waals surface area contributed by atoms with Crippen LogP contribution in [0.15, 0.2) is 115 Å². The molecule has 1 aliphatic rings. The minimum absolute atomic E-state index is 0.0625. The Hall–Kier alpha value is -5.11. The highest BCUT2D eigenvalue weighted by molar-refractivity contribution is 5.96. The fourth-order valence-corrected chi connectivity index (χ4v) is 4.29. The number of carbonyl (C=O) groups is 3. The molecule has 40 heavy (non-hydrogen) atoms. The zero-order valence-electron chi connectivity index (χ0n) is 21.8. The SMILES string of the molecule is C[C@@]1(NC(=O)OCc2ccccc2)C(=O)N[C@@H]1Oc1cccc(C(=O)OC(c2ccccc2)c2ccccc2)c1. The molecule has 0 saturated carbocycles. The average Bonchev–Trinajstić information content (AvgIpc) is 3.00. The Morgan fingerprint density at radius 3 is 2.05 bits per heavy atom. The molecule has 2 N–H and O–H groups in total. The lowest BCUT2D eigenvalue weighted by atomic mass is 9.91. The van der Waals surface area contributed by atoms with Gasteiger partial charge >= 0.3 is 12.1 Å². The van der Waals surface area contributed by atoms with Crippen molar-refractivity contribution in [3.63, 3.8) is 0 Å². The Morgan fingerprint density at radius 2 is 1.45 bits per heavy atom. The van der Waals surface area contributed by atoms with Crippen LogP contribution in [0.4, 0.5) is 4.79 Å². The number of rotatable bonds is 9. The highest BCUT2D eigenvalue weighted by Crippen LogP contribution is 2.29. The average molecular weight is 537 g/mol. The number of amides is 2. The Kier molecular flexibility index (Phi) is 7.77. The van der Waals surface area contributed by atoms with Gasteiger partial charge in [0.15, 0.2) is 11.6 Å². The van der Waals surface area contributed by atoms with Gasteiger partial charge in [-0.05, 0) is 41.8 Å². The molecule has 0 unspecified atom stereocenters. The largest absolute Gasteiger partial charge is 0.468 e. The number of carbonyl (C=O) groups excluding carboxylic acids is 3. The van der Waals surface area contributed by atoms with Gasteiger partial charge in [0, 0.05) is 0 Å². The summed E-state index contributed by atoms with van der Waals surface area (Å²) >= 11 is 0. The lowest BCUT2D eigenvalue weighted by molar-refractivity contribution is -0.148. The molecule has 1 aliphatic heterocycles. The first-order valence-electron chi connectivity index (χ1n) is 12.8. The van der Waals surface area contributed by atoms with Gasteiger partial charge in [-0.2, -0.15) is 0 Å². The molecule has 8 heteroatoms. The molecule has 1 heterocycles. The Labute approximate surface area is 231 Å². The molecular formula is C32H28N2O6. The Bertz CT molecular complexity index is 1440. The van der Waals surface area contributed by atoms with Crippen LogP contribution in [0.2, 0.25) is 0 Å². The normalized spacial score (nSPS) is 17.8. The fourth-order valence-electron chi connectivity index (χ4n) is 4.29. The van der Waals surface area contributed by atoms with E-state index in [0.29, 0.717) is 5.75 Å². The van der Waals surface area contributed by atoms with E-state index in [4.69, 9.17) is 14.2 Å². The molecule has 0 radical (unpaired) electrons. The van der Waals surface area contributed by atoms with Gasteiger partial charge in [-0.1, -0.05) is 97.1 Å². The molecule has 0 bridgehead atoms. The van der Waals surface area contributed by atoms with Gasteiger partial charge < -0.3 is 24.8 Å². The number of hydrogen-bond acceptors (Lipinski definition) is 6. The van der Waals surface area contributed by atoms with E-state index in [1.165, 1.54) is 6.07 Å². The van der Waals surface area contributed by atoms with Crippen molar-refractivity contribution < 1.29 is 28.6 Å². The van der Waals surface area contributed by atoms with Crippen molar-refractivity contribution in [1.29, 1.82) is 0 Å². The molecule has 202 valence electrons. The summed E-state index contributed by atoms with van der Waals surface area (Å²) in [7, 11) is 0. The standard InChI is InChI=1S/C32H28N2O6/c1-32(34-31(37)38-21-22-12-5-2-6-13-22)29(36)33-30(32)39-26-19-11-18-25(20-26)28(35)40-27(23-14-7-3-8-15-23)24-16-9-4-10-17-24/h2-20,27,30H,21H2,1H3,(H,33,36)(H,34,37)/t30-,32-/m1/s1. The van der Waals surface area contributed by atoms with E-state index in [1.54, 1.807) is 25.1 Å². The van der Waals surface area contributed by atoms with Crippen molar-refractivity contribution in [2.75, 3.05) is 0 Å². The molecule has 1 saturated heterocycles. The van der Waals surface area contributed by atoms with Crippen LogP contribution < -0.4 is 15.4 Å². The minimum atomic E-state index is -1.37. The zero-order valence-corrected chi connectivity index (χ0v) is 21.8. The van der Waals surface area contributed by atoms with Gasteiger partial charge in [0.2, 0.25) is 6.23 Å². The number of esters is 1. The predicted molar refractivity (Wildman–Crippen MR) is 147 cm³/mol. The lowest BCUT2D eigenvalue weighted by Gasteiger charge is -2.45. The second-order valence-corrected chi connectivity index (χ2v) is 9.49. The molecular weight excluding hydrogens is 508 g/mol. The van der Waals surface area contributed by atoms with E-state index in [2.05, 4.69) is 10.6 Å². The van der Waals surface area contributed by atoms with Crippen molar-refractivity contribution in [1.82, 2.24) is 10.6 Å². The summed E-state index contributed by atoms with van der Waals surface area (Å²) in [5.41, 5.74) is 1.41. The third kappa shape index (κ3) is 5.96. The van der Waals surface area contributed by atoms with Crippen LogP contribution in [0.3, 0.4) is 0 Å². The smallest absolute Gasteiger partial charge is 0.408 e. The third-order valence-corrected chi connectivity index (χ3v) is 6.59. The summed E-state index contributed by atoms with van der Waals surface area (Å²) in [5, 5.41) is 5.23. The minimum Gasteiger partial charge on any atom is -0.468 e. The second-order valence-electron chi connectivity index (χ2n) is 9.49. The molecule has 0 aliphatic carbocycles. The van der Waals surface area contributed by atoms with E-state index < -0.39 is 35.8 Å². The van der Waals surface area contributed by atoms with Crippen LogP contribution in [0.25, 0.3) is 0 Å². The van der Waals surface area contributed by atoms with Crippen LogP contribution in [-0.4, -0.2) is 29.7 Å². The quantitative estimate of drug-likeness (QED) is 0.227. The highest BCUT2D eigenvalue weighted by Gasteiger charge is 2.55. The summed E-state index contributed by atoms with van der Waals surface area (Å²) in [6, 6.07) is 34.7. The molecule has 2 atom stereocenters. The second kappa shape index (κ2) is 11.7. The number of alkyl carbamates (subject to hydrolysis) is 1. The van der Waals surface area contributed by atoms with Gasteiger partial charge in [-0.15, -0.1) is 0 Å². The van der Waals surface area contributed by atoms with E-state index >= 15 is 0 Å². The summed E-state index contributed by atoms with van der Waals surface area (Å²) < 4.78 is 17.2. The van der Waals surface area contributed by atoms with Crippen LogP contribution >= 0.6 is 0 Å². The molecule has 8 nitrogen and oxygen atoms in total. The monoisotopic (exact) mass is 536 g/mol. The number of β-lactam (4-membered cyclic amide) rings is 1. The van der Waals surface area contributed by atoms with Crippen molar-refractivity contribution >= 4 is 18.0 Å². The molecule has 0 aromatic heterocycles. The molecule has 0 spiro atoms. The van der Waals surface area contributed by atoms with E-state index in [9.17, 15) is 14.4 Å². The van der Waals surface area contributed by atoms with Gasteiger partial charge in [0.1, 0.15) is 12.4 Å². The van der Waals surface area contributed by atoms with Crippen molar-refractivity contribution in [2.24, 2.45) is 0 Å². The number of hydrogen-bond donors (Lipinski definition) is 2. The predicted octanol–water partition coefficient (Wildman–Crippen LogP) is 5.15. The van der Waals surface area contributed by atoms with E-state index in [0.717, 1.165) is 16.7 Å². The van der Waals surface area contributed by atoms with E-state index in [-0.39, 0.29) is 12.2 Å². The van der Waals surface area contributed by atoms with Crippen molar-refractivity contribution in [3.8, 4) is 5.75 Å². The third-order valence-electron chi connectivity index (χ3n) is 6.59. The number of nitrogens with one attached hydrogen (secondary N) is 2. The first-order chi connectivity index (χ1) is 19.4. The molecule has 1 fully saturated rings. The van der Waals surface area contributed by atoms with Gasteiger partial charge in [-0.25, -0.2) is 9.59 Å². The highest BCUT2D eigenvalue weighted by atomic mass is 16.6. The summed E-state index contributed by atoms with van der Waals surface area (Å²) in [4.78, 5) is 38.0. The topological polar surface area (TPSA) is 103 Å². The van der Waals surface area contributed by atoms with Crippen LogP contribution in [-0.2, 0) is 20.9 Å². The fraction of sp³-hybridized carbons (Fsp3) is 0.156. The van der Waals surface area contributed by atoms with Crippen LogP contribution in [0.1, 0.15) is 40.1 Å². The zero-order chi connectivity index (χ0) is 28.0. The van der Waals surface area contributed by atoms with E-state index in [1.807, 2.05) is 91.0 Å². The van der Waals surface area contributed by atoms with Gasteiger partial charge in [0.05, 0.1) is 5.56 Å². The molecule has 4 aromatic rings. The maximum absolute atomic E-state index is 13.2. The summed E-state index contributed by atoms with van der Waals surface area (Å²) in [6.07, 6.45) is -2.23. The number of benzene rings is 4. The Balaban J connectivity index is 1.25. The molecule has 2 amide bonds.